The second kappa shape index (κ2) is 10.2. The zero-order valence-electron chi connectivity index (χ0n) is 14.8. The van der Waals surface area contributed by atoms with Crippen molar-refractivity contribution in [2.45, 2.75) is 52.0 Å². The Kier molecular flexibility index (Phi) is 9.43. The van der Waals surface area contributed by atoms with Crippen LogP contribution in [0.15, 0.2) is 0 Å². The highest BCUT2D eigenvalue weighted by atomic mass is 16.6. The van der Waals surface area contributed by atoms with Gasteiger partial charge >= 0.3 is 11.9 Å². The lowest BCUT2D eigenvalue weighted by molar-refractivity contribution is -0.166. The van der Waals surface area contributed by atoms with Crippen LogP contribution in [-0.2, 0) is 33.3 Å². The SMILES string of the molecule is CO[C@H]([C@H]([C@@H](COC(C)=O)OC)N(C)C(C)=O)[C@H](C)OC(C)=O. The number of likely N-dealkylation sites (N-methyl/N-ethyl adjacent to an activating group) is 1. The van der Waals surface area contributed by atoms with Gasteiger partial charge in [-0.25, -0.2) is 0 Å². The first-order valence-electron chi connectivity index (χ1n) is 7.25. The Hall–Kier alpha value is -1.67. The van der Waals surface area contributed by atoms with Crippen LogP contribution in [0.25, 0.3) is 0 Å². The maximum Gasteiger partial charge on any atom is 0.302 e. The fourth-order valence-electron chi connectivity index (χ4n) is 2.33. The van der Waals surface area contributed by atoms with Crippen LogP contribution in [0.5, 0.6) is 0 Å². The van der Waals surface area contributed by atoms with E-state index in [9.17, 15) is 14.4 Å². The summed E-state index contributed by atoms with van der Waals surface area (Å²) in [5.74, 6) is -1.15. The highest BCUT2D eigenvalue weighted by Gasteiger charge is 2.39. The van der Waals surface area contributed by atoms with Crippen molar-refractivity contribution in [1.82, 2.24) is 4.90 Å². The molecule has 0 fully saturated rings. The van der Waals surface area contributed by atoms with E-state index in [2.05, 4.69) is 0 Å². The zero-order valence-corrected chi connectivity index (χ0v) is 14.8. The third-order valence-electron chi connectivity index (χ3n) is 3.50. The van der Waals surface area contributed by atoms with Crippen molar-refractivity contribution in [3.05, 3.63) is 0 Å². The van der Waals surface area contributed by atoms with E-state index in [0.717, 1.165) is 0 Å². The number of amides is 1. The molecular formula is C15H27NO7. The minimum atomic E-state index is -0.659. The van der Waals surface area contributed by atoms with Crippen molar-refractivity contribution in [3.8, 4) is 0 Å². The summed E-state index contributed by atoms with van der Waals surface area (Å²) in [5.41, 5.74) is 0. The van der Waals surface area contributed by atoms with Gasteiger partial charge in [0, 0.05) is 42.0 Å². The van der Waals surface area contributed by atoms with Crippen molar-refractivity contribution < 1.29 is 33.3 Å². The minimum Gasteiger partial charge on any atom is -0.463 e. The maximum absolute atomic E-state index is 11.8. The highest BCUT2D eigenvalue weighted by molar-refractivity contribution is 5.73. The van der Waals surface area contributed by atoms with Gasteiger partial charge in [0.15, 0.2) is 0 Å². The molecular weight excluding hydrogens is 306 g/mol. The summed E-state index contributed by atoms with van der Waals surface area (Å²) in [7, 11) is 4.47. The molecule has 0 bridgehead atoms. The molecule has 1 amide bonds. The third kappa shape index (κ3) is 6.96. The Morgan fingerprint density at radius 3 is 1.91 bits per heavy atom. The molecule has 0 aromatic heterocycles. The predicted molar refractivity (Wildman–Crippen MR) is 81.7 cm³/mol. The summed E-state index contributed by atoms with van der Waals surface area (Å²) < 4.78 is 21.0. The quantitative estimate of drug-likeness (QED) is 0.563. The van der Waals surface area contributed by atoms with E-state index >= 15 is 0 Å². The molecule has 0 radical (unpaired) electrons. The van der Waals surface area contributed by atoms with Crippen LogP contribution >= 0.6 is 0 Å². The lowest BCUT2D eigenvalue weighted by Gasteiger charge is -2.39. The maximum atomic E-state index is 11.8. The number of hydrogen-bond acceptors (Lipinski definition) is 7. The van der Waals surface area contributed by atoms with Gasteiger partial charge in [0.2, 0.25) is 5.91 Å². The monoisotopic (exact) mass is 333 g/mol. The smallest absolute Gasteiger partial charge is 0.302 e. The number of ether oxygens (including phenoxy) is 4. The molecule has 0 aliphatic rings. The second-order valence-corrected chi connectivity index (χ2v) is 5.21. The molecule has 0 rings (SSSR count). The molecule has 0 aliphatic carbocycles. The van der Waals surface area contributed by atoms with E-state index in [1.807, 2.05) is 0 Å². The van der Waals surface area contributed by atoms with Crippen molar-refractivity contribution in [2.24, 2.45) is 0 Å². The van der Waals surface area contributed by atoms with Crippen LogP contribution in [0.1, 0.15) is 27.7 Å². The summed E-state index contributed by atoms with van der Waals surface area (Å²) in [6.45, 7) is 5.58. The van der Waals surface area contributed by atoms with Gasteiger partial charge in [-0.2, -0.15) is 0 Å². The molecule has 0 aromatic rings. The van der Waals surface area contributed by atoms with Crippen molar-refractivity contribution in [1.29, 1.82) is 0 Å². The molecule has 23 heavy (non-hydrogen) atoms. The standard InChI is InChI=1S/C15H27NO7/c1-9(23-12(4)19)15(21-7)14(16(5)10(2)17)13(20-6)8-22-11(3)18/h9,13-15H,8H2,1-7H3/t9-,13+,14-,15-/m0/s1. The average molecular weight is 333 g/mol. The number of carbonyl (C=O) groups is 3. The summed E-state index contributed by atoms with van der Waals surface area (Å²) in [5, 5.41) is 0. The number of esters is 2. The molecule has 8 heteroatoms. The zero-order chi connectivity index (χ0) is 18.2. The van der Waals surface area contributed by atoms with Gasteiger partial charge in [-0.1, -0.05) is 0 Å². The molecule has 134 valence electrons. The molecule has 0 spiro atoms. The van der Waals surface area contributed by atoms with E-state index in [-0.39, 0.29) is 12.5 Å². The molecule has 0 saturated heterocycles. The first-order chi connectivity index (χ1) is 10.6. The van der Waals surface area contributed by atoms with Crippen molar-refractivity contribution >= 4 is 17.8 Å². The van der Waals surface area contributed by atoms with Gasteiger partial charge in [-0.05, 0) is 6.92 Å². The van der Waals surface area contributed by atoms with Crippen LogP contribution in [0.3, 0.4) is 0 Å². The summed E-state index contributed by atoms with van der Waals surface area (Å²) in [6.07, 6.45) is -1.93. The van der Waals surface area contributed by atoms with Crippen LogP contribution in [0.2, 0.25) is 0 Å². The number of rotatable bonds is 9. The summed E-state index contributed by atoms with van der Waals surface area (Å²) in [6, 6.07) is -0.615. The van der Waals surface area contributed by atoms with Crippen LogP contribution < -0.4 is 0 Å². The minimum absolute atomic E-state index is 0.0548. The number of hydrogen-bond donors (Lipinski definition) is 0. The Labute approximate surface area is 137 Å². The summed E-state index contributed by atoms with van der Waals surface area (Å²) >= 11 is 0. The fraction of sp³-hybridized carbons (Fsp3) is 0.800. The van der Waals surface area contributed by atoms with Gasteiger partial charge in [0.25, 0.3) is 0 Å². The molecule has 8 nitrogen and oxygen atoms in total. The van der Waals surface area contributed by atoms with E-state index in [1.54, 1.807) is 14.0 Å². The van der Waals surface area contributed by atoms with Crippen LogP contribution in [0, 0.1) is 0 Å². The number of nitrogens with zero attached hydrogens (tertiary/aromatic N) is 1. The van der Waals surface area contributed by atoms with Gasteiger partial charge in [0.1, 0.15) is 24.9 Å². The number of carbonyl (C=O) groups excluding carboxylic acids is 3. The lowest BCUT2D eigenvalue weighted by Crippen LogP contribution is -2.57. The van der Waals surface area contributed by atoms with Gasteiger partial charge in [0.05, 0.1) is 6.04 Å². The van der Waals surface area contributed by atoms with Crippen LogP contribution in [-0.4, -0.2) is 75.0 Å². The molecule has 0 saturated carbocycles. The Morgan fingerprint density at radius 2 is 1.57 bits per heavy atom. The van der Waals surface area contributed by atoms with E-state index in [1.165, 1.54) is 39.9 Å². The molecule has 0 aliphatic heterocycles. The van der Waals surface area contributed by atoms with Gasteiger partial charge in [-0.15, -0.1) is 0 Å². The Morgan fingerprint density at radius 1 is 1.00 bits per heavy atom. The van der Waals surface area contributed by atoms with Crippen LogP contribution in [0.4, 0.5) is 0 Å². The molecule has 0 aromatic carbocycles. The largest absolute Gasteiger partial charge is 0.463 e. The second-order valence-electron chi connectivity index (χ2n) is 5.21. The normalized spacial score (nSPS) is 16.0. The summed E-state index contributed by atoms with van der Waals surface area (Å²) in [4.78, 5) is 35.5. The molecule has 0 heterocycles. The first-order valence-corrected chi connectivity index (χ1v) is 7.25. The van der Waals surface area contributed by atoms with E-state index < -0.39 is 36.3 Å². The Bertz CT molecular complexity index is 413. The fourth-order valence-corrected chi connectivity index (χ4v) is 2.33. The number of methoxy groups -OCH3 is 2. The Balaban J connectivity index is 5.48. The van der Waals surface area contributed by atoms with Crippen molar-refractivity contribution in [2.75, 3.05) is 27.9 Å². The van der Waals surface area contributed by atoms with E-state index in [0.29, 0.717) is 0 Å². The topological polar surface area (TPSA) is 91.4 Å². The first kappa shape index (κ1) is 21.3. The lowest BCUT2D eigenvalue weighted by atomic mass is 9.99. The van der Waals surface area contributed by atoms with Gasteiger partial charge in [-0.3, -0.25) is 14.4 Å². The predicted octanol–water partition coefficient (Wildman–Crippen LogP) is 0.378. The third-order valence-corrected chi connectivity index (χ3v) is 3.50. The molecule has 0 N–H and O–H groups in total. The molecule has 0 unspecified atom stereocenters. The van der Waals surface area contributed by atoms with Gasteiger partial charge < -0.3 is 23.8 Å². The van der Waals surface area contributed by atoms with E-state index in [4.69, 9.17) is 18.9 Å². The van der Waals surface area contributed by atoms with Crippen molar-refractivity contribution in [3.63, 3.8) is 0 Å². The highest BCUT2D eigenvalue weighted by Crippen LogP contribution is 2.19. The molecule has 4 atom stereocenters. The average Bonchev–Trinajstić information content (AvgIpc) is 2.44.